The third-order valence-corrected chi connectivity index (χ3v) is 4.63. The van der Waals surface area contributed by atoms with Crippen LogP contribution in [0.3, 0.4) is 0 Å². The second kappa shape index (κ2) is 6.13. The number of anilines is 1. The van der Waals surface area contributed by atoms with Crippen LogP contribution in [0.1, 0.15) is 38.9 Å². The van der Waals surface area contributed by atoms with Gasteiger partial charge in [0.05, 0.1) is 17.8 Å². The number of carbonyl (C=O) groups excluding carboxylic acids is 1. The maximum Gasteiger partial charge on any atom is 0.251 e. The van der Waals surface area contributed by atoms with Crippen LogP contribution in [0.4, 0.5) is 5.69 Å². The predicted octanol–water partition coefficient (Wildman–Crippen LogP) is 3.82. The Balaban J connectivity index is 1.84. The Kier molecular flexibility index (Phi) is 4.30. The molecule has 1 aliphatic rings. The van der Waals surface area contributed by atoms with Crippen LogP contribution in [0.25, 0.3) is 0 Å². The zero-order chi connectivity index (χ0) is 17.5. The molecule has 1 unspecified atom stereocenters. The molecule has 2 heterocycles. The van der Waals surface area contributed by atoms with Gasteiger partial charge in [-0.25, -0.2) is 0 Å². The lowest BCUT2D eigenvalue weighted by atomic mass is 9.93. The monoisotopic (exact) mass is 347 g/mol. The lowest BCUT2D eigenvalue weighted by Crippen LogP contribution is -2.28. The summed E-state index contributed by atoms with van der Waals surface area (Å²) in [6, 6.07) is 7.12. The molecule has 0 spiro atoms. The molecule has 2 aromatic rings. The van der Waals surface area contributed by atoms with Crippen molar-refractivity contribution in [1.82, 2.24) is 9.78 Å². The third-order valence-electron chi connectivity index (χ3n) is 4.32. The summed E-state index contributed by atoms with van der Waals surface area (Å²) in [6.45, 7) is 6.99. The number of methoxy groups -OCH3 is 1. The molecule has 1 fully saturated rings. The molecule has 5 nitrogen and oxygen atoms in total. The number of amides is 1. The van der Waals surface area contributed by atoms with Crippen molar-refractivity contribution in [2.24, 2.45) is 0 Å². The van der Waals surface area contributed by atoms with E-state index in [1.807, 2.05) is 18.3 Å². The van der Waals surface area contributed by atoms with Crippen LogP contribution >= 0.6 is 11.6 Å². The molecular weight excluding hydrogens is 326 g/mol. The molecule has 1 atom stereocenters. The number of carbonyl (C=O) groups is 1. The van der Waals surface area contributed by atoms with Gasteiger partial charge in [0.1, 0.15) is 11.8 Å². The Hall–Kier alpha value is -2.01. The quantitative estimate of drug-likeness (QED) is 0.848. The molecule has 1 aromatic heterocycles. The highest BCUT2D eigenvalue weighted by Crippen LogP contribution is 2.34. The zero-order valence-corrected chi connectivity index (χ0v) is 15.2. The molecule has 24 heavy (non-hydrogen) atoms. The Morgan fingerprint density at radius 1 is 1.29 bits per heavy atom. The topological polar surface area (TPSA) is 47.4 Å². The summed E-state index contributed by atoms with van der Waals surface area (Å²) in [4.78, 5) is 14.6. The first-order valence-corrected chi connectivity index (χ1v) is 8.39. The molecular formula is C18H22ClN3O2. The first-order chi connectivity index (χ1) is 11.3. The fourth-order valence-electron chi connectivity index (χ4n) is 2.89. The molecule has 1 aromatic carbocycles. The minimum absolute atomic E-state index is 0.0316. The van der Waals surface area contributed by atoms with Crippen LogP contribution in [0.15, 0.2) is 30.5 Å². The van der Waals surface area contributed by atoms with Crippen LogP contribution in [0.2, 0.25) is 5.02 Å². The van der Waals surface area contributed by atoms with E-state index in [9.17, 15) is 4.79 Å². The van der Waals surface area contributed by atoms with E-state index in [1.165, 1.54) is 0 Å². The van der Waals surface area contributed by atoms with Gasteiger partial charge in [0.25, 0.3) is 5.91 Å². The summed E-state index contributed by atoms with van der Waals surface area (Å²) >= 11 is 6.07. The molecule has 0 radical (unpaired) electrons. The summed E-state index contributed by atoms with van der Waals surface area (Å²) in [5.41, 5.74) is 1.75. The number of hydrogen-bond acceptors (Lipinski definition) is 3. The van der Waals surface area contributed by atoms with Crippen molar-refractivity contribution in [3.05, 3.63) is 41.2 Å². The highest BCUT2D eigenvalue weighted by molar-refractivity contribution is 6.32. The number of nitrogens with zero attached hydrogens (tertiary/aromatic N) is 3. The predicted molar refractivity (Wildman–Crippen MR) is 94.9 cm³/mol. The minimum Gasteiger partial charge on any atom is -0.495 e. The van der Waals surface area contributed by atoms with Crippen molar-refractivity contribution in [1.29, 1.82) is 0 Å². The molecule has 0 N–H and O–H groups in total. The van der Waals surface area contributed by atoms with Gasteiger partial charge in [-0.1, -0.05) is 32.4 Å². The normalized spacial score (nSPS) is 18.3. The van der Waals surface area contributed by atoms with Gasteiger partial charge in [-0.2, -0.15) is 5.10 Å². The number of ether oxygens (including phenoxy) is 1. The van der Waals surface area contributed by atoms with Gasteiger partial charge in [-0.15, -0.1) is 0 Å². The minimum atomic E-state index is -0.261. The summed E-state index contributed by atoms with van der Waals surface area (Å²) in [5, 5.41) is 5.15. The molecule has 128 valence electrons. The summed E-state index contributed by atoms with van der Waals surface area (Å²) < 4.78 is 7.03. The fraction of sp³-hybridized carbons (Fsp3) is 0.444. The van der Waals surface area contributed by atoms with Crippen molar-refractivity contribution in [3.8, 4) is 5.75 Å². The summed E-state index contributed by atoms with van der Waals surface area (Å²) in [5.74, 6) is 0.613. The maximum absolute atomic E-state index is 12.8. The Bertz CT molecular complexity index is 764. The first kappa shape index (κ1) is 16.8. The summed E-state index contributed by atoms with van der Waals surface area (Å²) in [6.07, 6.45) is 2.63. The van der Waals surface area contributed by atoms with Gasteiger partial charge in [-0.05, 0) is 24.6 Å². The number of halogens is 1. The van der Waals surface area contributed by atoms with Crippen LogP contribution < -0.4 is 9.64 Å². The van der Waals surface area contributed by atoms with Crippen LogP contribution in [0.5, 0.6) is 5.75 Å². The lowest BCUT2D eigenvalue weighted by Gasteiger charge is -2.18. The SMILES string of the molecule is COc1cc(N2CCC(n3ccc(C(C)(C)C)n3)C2=O)ccc1Cl. The van der Waals surface area contributed by atoms with Crippen molar-refractivity contribution in [2.75, 3.05) is 18.6 Å². The van der Waals surface area contributed by atoms with Crippen molar-refractivity contribution < 1.29 is 9.53 Å². The standard InChI is InChI=1S/C18H22ClN3O2/c1-18(2,3)16-8-10-22(20-16)14-7-9-21(17(14)23)12-5-6-13(19)15(11-12)24-4/h5-6,8,10-11,14H,7,9H2,1-4H3. The molecule has 0 bridgehead atoms. The van der Waals surface area contributed by atoms with E-state index >= 15 is 0 Å². The Labute approximate surface area is 147 Å². The molecule has 0 saturated carbocycles. The lowest BCUT2D eigenvalue weighted by molar-refractivity contribution is -0.120. The second-order valence-corrected chi connectivity index (χ2v) is 7.45. The van der Waals surface area contributed by atoms with Gasteiger partial charge in [-0.3, -0.25) is 9.48 Å². The van der Waals surface area contributed by atoms with Gasteiger partial charge in [0, 0.05) is 29.9 Å². The van der Waals surface area contributed by atoms with Crippen molar-refractivity contribution >= 4 is 23.2 Å². The number of aromatic nitrogens is 2. The van der Waals surface area contributed by atoms with Gasteiger partial charge >= 0.3 is 0 Å². The van der Waals surface area contributed by atoms with E-state index in [0.29, 0.717) is 17.3 Å². The number of benzene rings is 1. The highest BCUT2D eigenvalue weighted by Gasteiger charge is 2.35. The van der Waals surface area contributed by atoms with E-state index in [0.717, 1.165) is 17.8 Å². The van der Waals surface area contributed by atoms with Crippen molar-refractivity contribution in [2.45, 2.75) is 38.6 Å². The number of hydrogen-bond donors (Lipinski definition) is 0. The first-order valence-electron chi connectivity index (χ1n) is 8.02. The van der Waals surface area contributed by atoms with E-state index in [4.69, 9.17) is 16.3 Å². The molecule has 0 aliphatic carbocycles. The van der Waals surface area contributed by atoms with E-state index in [-0.39, 0.29) is 17.4 Å². The largest absolute Gasteiger partial charge is 0.495 e. The number of rotatable bonds is 3. The Morgan fingerprint density at radius 3 is 2.67 bits per heavy atom. The van der Waals surface area contributed by atoms with Gasteiger partial charge in [0.15, 0.2) is 0 Å². The third kappa shape index (κ3) is 3.00. The average Bonchev–Trinajstić information content (AvgIpc) is 3.14. The highest BCUT2D eigenvalue weighted by atomic mass is 35.5. The van der Waals surface area contributed by atoms with Gasteiger partial charge in [0.2, 0.25) is 0 Å². The van der Waals surface area contributed by atoms with Crippen LogP contribution in [0, 0.1) is 0 Å². The zero-order valence-electron chi connectivity index (χ0n) is 14.4. The smallest absolute Gasteiger partial charge is 0.251 e. The molecule has 3 rings (SSSR count). The maximum atomic E-state index is 12.8. The molecule has 1 saturated heterocycles. The van der Waals surface area contributed by atoms with Crippen molar-refractivity contribution in [3.63, 3.8) is 0 Å². The fourth-order valence-corrected chi connectivity index (χ4v) is 3.09. The molecule has 1 aliphatic heterocycles. The molecule has 6 heteroatoms. The van der Waals surface area contributed by atoms with Crippen LogP contribution in [-0.2, 0) is 10.2 Å². The Morgan fingerprint density at radius 2 is 2.04 bits per heavy atom. The van der Waals surface area contributed by atoms with Gasteiger partial charge < -0.3 is 9.64 Å². The molecule has 1 amide bonds. The average molecular weight is 348 g/mol. The van der Waals surface area contributed by atoms with E-state index in [1.54, 1.807) is 28.8 Å². The summed E-state index contributed by atoms with van der Waals surface area (Å²) in [7, 11) is 1.57. The van der Waals surface area contributed by atoms with E-state index < -0.39 is 0 Å². The van der Waals surface area contributed by atoms with Crippen LogP contribution in [-0.4, -0.2) is 29.3 Å². The van der Waals surface area contributed by atoms with E-state index in [2.05, 4.69) is 25.9 Å². The second-order valence-electron chi connectivity index (χ2n) is 7.04.